The third-order valence-corrected chi connectivity index (χ3v) is 10.1. The van der Waals surface area contributed by atoms with Gasteiger partial charge in [-0.05, 0) is 13.3 Å². The van der Waals surface area contributed by atoms with Gasteiger partial charge in [-0.25, -0.2) is 0 Å². The molecule has 0 saturated carbocycles. The zero-order valence-corrected chi connectivity index (χ0v) is 35.7. The lowest BCUT2D eigenvalue weighted by Gasteiger charge is -2.47. The number of aliphatic hydroxyl groups excluding tert-OH is 4. The number of rotatable bonds is 28. The predicted molar refractivity (Wildman–Crippen MR) is 207 cm³/mol. The van der Waals surface area contributed by atoms with Crippen molar-refractivity contribution in [3.8, 4) is 0 Å². The van der Waals surface area contributed by atoms with E-state index in [-0.39, 0.29) is 6.42 Å². The number of carbonyl (C=O) groups excluding carboxylic acids is 5. The van der Waals surface area contributed by atoms with Gasteiger partial charge >= 0.3 is 29.8 Å². The summed E-state index contributed by atoms with van der Waals surface area (Å²) in [5.74, 6) is -3.86. The average Bonchev–Trinajstić information content (AvgIpc) is 3.16. The van der Waals surface area contributed by atoms with Gasteiger partial charge in [0.25, 0.3) is 0 Å². The maximum Gasteiger partial charge on any atom is 0.308 e. The molecule has 0 amide bonds. The van der Waals surface area contributed by atoms with Crippen LogP contribution in [0.4, 0.5) is 0 Å². The highest BCUT2D eigenvalue weighted by Crippen LogP contribution is 2.34. The van der Waals surface area contributed by atoms with Crippen LogP contribution in [0.15, 0.2) is 0 Å². The topological polar surface area (TPSA) is 249 Å². The highest BCUT2D eigenvalue weighted by Gasteiger charge is 2.54. The molecule has 12 atom stereocenters. The first-order valence-corrected chi connectivity index (χ1v) is 21.2. The molecule has 0 unspecified atom stereocenters. The van der Waals surface area contributed by atoms with Crippen LogP contribution >= 0.6 is 0 Å². The summed E-state index contributed by atoms with van der Waals surface area (Å²) in [6.45, 7) is 6.39. The van der Waals surface area contributed by atoms with Crippen LogP contribution in [0.2, 0.25) is 0 Å². The molecule has 2 fully saturated rings. The van der Waals surface area contributed by atoms with E-state index in [1.807, 2.05) is 0 Å². The van der Waals surface area contributed by atoms with Crippen molar-refractivity contribution >= 4 is 29.8 Å². The minimum Gasteiger partial charge on any atom is -0.462 e. The van der Waals surface area contributed by atoms with Gasteiger partial charge in [0.15, 0.2) is 37.0 Å². The van der Waals surface area contributed by atoms with Gasteiger partial charge in [0.2, 0.25) is 0 Å². The molecule has 59 heavy (non-hydrogen) atoms. The van der Waals surface area contributed by atoms with Crippen molar-refractivity contribution in [2.75, 3.05) is 19.8 Å². The summed E-state index contributed by atoms with van der Waals surface area (Å²) in [5.41, 5.74) is 0. The molecule has 0 aromatic rings. The zero-order valence-electron chi connectivity index (χ0n) is 35.7. The molecule has 2 aliphatic rings. The molecule has 342 valence electrons. The van der Waals surface area contributed by atoms with Crippen molar-refractivity contribution in [1.29, 1.82) is 0 Å². The molecule has 0 aliphatic carbocycles. The summed E-state index contributed by atoms with van der Waals surface area (Å²) in [7, 11) is 0. The Labute approximate surface area is 347 Å². The number of ether oxygens (including phenoxy) is 9. The molecule has 2 saturated heterocycles. The highest BCUT2D eigenvalue weighted by molar-refractivity contribution is 5.70. The lowest BCUT2D eigenvalue weighted by Crippen LogP contribution is -2.65. The van der Waals surface area contributed by atoms with E-state index < -0.39 is 123 Å². The molecular formula is C41H70O18. The van der Waals surface area contributed by atoms with E-state index in [9.17, 15) is 44.4 Å². The van der Waals surface area contributed by atoms with E-state index in [1.165, 1.54) is 58.3 Å². The SMILES string of the molecule is CCCCCCCCCCCCCCC[C@H](CC(=O)OC[C@H](CO)OC(C)=O)O[C@@H]1O[C@@H](C)[C@H](O)[C@@H](O[C@@H]2O[C@H](CO)[C@@H](OC(C)=O)[C@H](OC(C)=O)[C@H]2O)[C@H]1OC(C)=O. The molecule has 0 radical (unpaired) electrons. The van der Waals surface area contributed by atoms with Gasteiger partial charge in [-0.2, -0.15) is 0 Å². The summed E-state index contributed by atoms with van der Waals surface area (Å²) in [6.07, 6.45) is -2.19. The first-order valence-electron chi connectivity index (χ1n) is 21.2. The summed E-state index contributed by atoms with van der Waals surface area (Å²) < 4.78 is 50.4. The maximum absolute atomic E-state index is 13.1. The predicted octanol–water partition coefficient (Wildman–Crippen LogP) is 3.07. The largest absolute Gasteiger partial charge is 0.462 e. The van der Waals surface area contributed by atoms with Gasteiger partial charge in [0.05, 0.1) is 31.8 Å². The van der Waals surface area contributed by atoms with Gasteiger partial charge < -0.3 is 63.1 Å². The number of unbranched alkanes of at least 4 members (excludes halogenated alkanes) is 12. The molecule has 18 nitrogen and oxygen atoms in total. The Bertz CT molecular complexity index is 1250. The van der Waals surface area contributed by atoms with Crippen molar-refractivity contribution < 1.29 is 87.0 Å². The van der Waals surface area contributed by atoms with Crippen LogP contribution in [0.1, 0.15) is 138 Å². The number of aliphatic hydroxyl groups is 4. The molecule has 0 spiro atoms. The molecular weight excluding hydrogens is 780 g/mol. The summed E-state index contributed by atoms with van der Waals surface area (Å²) in [5, 5.41) is 42.3. The molecule has 0 aromatic heterocycles. The normalized spacial score (nSPS) is 27.9. The summed E-state index contributed by atoms with van der Waals surface area (Å²) in [6, 6.07) is 0. The number of hydrogen-bond donors (Lipinski definition) is 4. The minimum atomic E-state index is -1.83. The Balaban J connectivity index is 2.23. The fourth-order valence-electron chi connectivity index (χ4n) is 7.12. The van der Waals surface area contributed by atoms with Gasteiger partial charge in [-0.3, -0.25) is 24.0 Å². The van der Waals surface area contributed by atoms with Crippen molar-refractivity contribution in [1.82, 2.24) is 0 Å². The van der Waals surface area contributed by atoms with E-state index >= 15 is 0 Å². The Morgan fingerprint density at radius 1 is 0.610 bits per heavy atom. The van der Waals surface area contributed by atoms with Crippen LogP contribution in [-0.2, 0) is 66.6 Å². The number of esters is 5. The lowest BCUT2D eigenvalue weighted by atomic mass is 9.96. The van der Waals surface area contributed by atoms with Crippen LogP contribution < -0.4 is 0 Å². The molecule has 2 heterocycles. The standard InChI is InChI=1S/C41H70O18/c1-7-8-9-10-11-12-13-14-15-16-17-18-19-20-30(21-33(48)51-24-31(22-42)53-26(3)44)57-41-39(56-29(6)47)37(34(49)25(2)52-41)59-40-35(50)38(55-28(5)46)36(54-27(4)45)32(23-43)58-40/h25,30-32,34-43,49-50H,7-24H2,1-6H3/t25-,30+,31-,32+,34-,35+,36+,37+,38+,39+,40-,41-/m0/s1. The van der Waals surface area contributed by atoms with Crippen LogP contribution in [0.25, 0.3) is 0 Å². The van der Waals surface area contributed by atoms with E-state index in [2.05, 4.69) is 6.92 Å². The van der Waals surface area contributed by atoms with Gasteiger partial charge in [0.1, 0.15) is 31.0 Å². The molecule has 0 aromatic carbocycles. The van der Waals surface area contributed by atoms with E-state index in [0.717, 1.165) is 53.4 Å². The van der Waals surface area contributed by atoms with Gasteiger partial charge in [-0.15, -0.1) is 0 Å². The second-order valence-corrected chi connectivity index (χ2v) is 15.3. The molecule has 2 rings (SSSR count). The average molecular weight is 851 g/mol. The quantitative estimate of drug-likeness (QED) is 0.0502. The lowest BCUT2D eigenvalue weighted by molar-refractivity contribution is -0.361. The van der Waals surface area contributed by atoms with Crippen LogP contribution in [-0.4, -0.2) is 144 Å². The van der Waals surface area contributed by atoms with Crippen molar-refractivity contribution in [2.45, 2.75) is 211 Å². The van der Waals surface area contributed by atoms with Gasteiger partial charge in [0, 0.05) is 27.7 Å². The van der Waals surface area contributed by atoms with Crippen LogP contribution in [0.5, 0.6) is 0 Å². The number of carbonyl (C=O) groups is 5. The number of hydrogen-bond acceptors (Lipinski definition) is 18. The molecule has 2 aliphatic heterocycles. The Hall–Kier alpha value is -2.97. The molecule has 4 N–H and O–H groups in total. The van der Waals surface area contributed by atoms with Crippen LogP contribution in [0, 0.1) is 0 Å². The first-order chi connectivity index (χ1) is 28.1. The summed E-state index contributed by atoms with van der Waals surface area (Å²) in [4.78, 5) is 60.8. The van der Waals surface area contributed by atoms with Crippen LogP contribution in [0.3, 0.4) is 0 Å². The van der Waals surface area contributed by atoms with Gasteiger partial charge in [-0.1, -0.05) is 90.4 Å². The van der Waals surface area contributed by atoms with E-state index in [4.69, 9.17) is 42.6 Å². The zero-order chi connectivity index (χ0) is 43.9. The highest BCUT2D eigenvalue weighted by atomic mass is 16.8. The molecule has 18 heteroatoms. The van der Waals surface area contributed by atoms with Crippen molar-refractivity contribution in [3.63, 3.8) is 0 Å². The van der Waals surface area contributed by atoms with E-state index in [0.29, 0.717) is 12.8 Å². The fourth-order valence-corrected chi connectivity index (χ4v) is 7.12. The third-order valence-electron chi connectivity index (χ3n) is 10.1. The fraction of sp³-hybridized carbons (Fsp3) is 0.878. The maximum atomic E-state index is 13.1. The summed E-state index contributed by atoms with van der Waals surface area (Å²) >= 11 is 0. The molecule has 0 bridgehead atoms. The van der Waals surface area contributed by atoms with E-state index in [1.54, 1.807) is 0 Å². The first kappa shape index (κ1) is 52.2. The second kappa shape index (κ2) is 28.5. The third kappa shape index (κ3) is 19.5. The minimum absolute atomic E-state index is 0.310. The van der Waals surface area contributed by atoms with Crippen molar-refractivity contribution in [3.05, 3.63) is 0 Å². The monoisotopic (exact) mass is 850 g/mol. The Kier molecular flexibility index (Phi) is 25.2. The second-order valence-electron chi connectivity index (χ2n) is 15.3. The van der Waals surface area contributed by atoms with Crippen molar-refractivity contribution in [2.24, 2.45) is 0 Å². The Morgan fingerprint density at radius 2 is 1.14 bits per heavy atom. The smallest absolute Gasteiger partial charge is 0.308 e. The Morgan fingerprint density at radius 3 is 1.64 bits per heavy atom.